The fraction of sp³-hybridized carbons (Fsp3) is 0.471. The first kappa shape index (κ1) is 15.8. The second-order valence-electron chi connectivity index (χ2n) is 6.57. The average molecular weight is 332 g/mol. The number of halogens is 1. The van der Waals surface area contributed by atoms with Crippen molar-refractivity contribution in [2.45, 2.75) is 38.4 Å². The van der Waals surface area contributed by atoms with E-state index in [0.29, 0.717) is 11.4 Å². The summed E-state index contributed by atoms with van der Waals surface area (Å²) in [7, 11) is 1.64. The third kappa shape index (κ3) is 2.21. The molecule has 6 heteroatoms. The van der Waals surface area contributed by atoms with E-state index in [0.717, 1.165) is 5.56 Å². The summed E-state index contributed by atoms with van der Waals surface area (Å²) in [4.78, 5) is 28.5. The Morgan fingerprint density at radius 1 is 1.26 bits per heavy atom. The van der Waals surface area contributed by atoms with Gasteiger partial charge in [0.1, 0.15) is 12.1 Å². The summed E-state index contributed by atoms with van der Waals surface area (Å²) in [5.74, 6) is -0.217. The number of nitriles is 1. The van der Waals surface area contributed by atoms with Crippen LogP contribution in [0.3, 0.4) is 0 Å². The summed E-state index contributed by atoms with van der Waals surface area (Å²) in [6.45, 7) is 3.53. The monoisotopic (exact) mass is 331 g/mol. The first-order valence-electron chi connectivity index (χ1n) is 7.56. The summed E-state index contributed by atoms with van der Waals surface area (Å²) in [5, 5.41) is 10.3. The van der Waals surface area contributed by atoms with Crippen LogP contribution in [0.5, 0.6) is 0 Å². The van der Waals surface area contributed by atoms with Crippen molar-refractivity contribution >= 4 is 23.4 Å². The van der Waals surface area contributed by atoms with Crippen molar-refractivity contribution in [2.75, 3.05) is 7.05 Å². The highest BCUT2D eigenvalue weighted by molar-refractivity contribution is 6.30. The molecule has 23 heavy (non-hydrogen) atoms. The van der Waals surface area contributed by atoms with Crippen LogP contribution in [0.25, 0.3) is 0 Å². The molecule has 2 amide bonds. The molecule has 0 saturated carbocycles. The van der Waals surface area contributed by atoms with Crippen LogP contribution in [-0.4, -0.2) is 40.7 Å². The van der Waals surface area contributed by atoms with Crippen LogP contribution in [0.15, 0.2) is 24.3 Å². The molecule has 2 saturated heterocycles. The largest absolute Gasteiger partial charge is 0.332 e. The normalized spacial score (nSPS) is 33.6. The number of likely N-dealkylation sites (N-methyl/N-ethyl adjacent to an activating group) is 1. The zero-order chi connectivity index (χ0) is 16.9. The van der Waals surface area contributed by atoms with Gasteiger partial charge in [0.2, 0.25) is 11.8 Å². The van der Waals surface area contributed by atoms with Crippen molar-refractivity contribution in [3.8, 4) is 6.07 Å². The minimum atomic E-state index is -0.811. The van der Waals surface area contributed by atoms with Crippen molar-refractivity contribution in [1.82, 2.24) is 9.80 Å². The van der Waals surface area contributed by atoms with E-state index >= 15 is 0 Å². The van der Waals surface area contributed by atoms with E-state index < -0.39 is 23.5 Å². The molecule has 0 aromatic heterocycles. The Morgan fingerprint density at radius 2 is 1.87 bits per heavy atom. The van der Waals surface area contributed by atoms with Gasteiger partial charge in [0.25, 0.3) is 0 Å². The minimum Gasteiger partial charge on any atom is -0.332 e. The summed E-state index contributed by atoms with van der Waals surface area (Å²) >= 11 is 5.95. The SMILES string of the molecule is CC1C(=O)N2C(C[C@](C)(C#N)C2c2ccc(Cl)cc2)C(=O)N1C. The molecule has 0 spiro atoms. The maximum absolute atomic E-state index is 12.8. The summed E-state index contributed by atoms with van der Waals surface area (Å²) in [6.07, 6.45) is 0.346. The molecule has 5 nitrogen and oxygen atoms in total. The molecule has 2 fully saturated rings. The number of piperazine rings is 1. The van der Waals surface area contributed by atoms with Crippen LogP contribution >= 0.6 is 11.6 Å². The molecule has 2 aliphatic heterocycles. The molecule has 2 heterocycles. The van der Waals surface area contributed by atoms with Crippen molar-refractivity contribution < 1.29 is 9.59 Å². The van der Waals surface area contributed by atoms with Crippen molar-refractivity contribution in [1.29, 1.82) is 5.26 Å². The summed E-state index contributed by atoms with van der Waals surface area (Å²) in [6, 6.07) is 7.93. The quantitative estimate of drug-likeness (QED) is 0.793. The van der Waals surface area contributed by atoms with Gasteiger partial charge in [-0.25, -0.2) is 0 Å². The van der Waals surface area contributed by atoms with E-state index in [9.17, 15) is 14.9 Å². The third-order valence-corrected chi connectivity index (χ3v) is 5.35. The Morgan fingerprint density at radius 3 is 2.43 bits per heavy atom. The molecule has 0 N–H and O–H groups in total. The smallest absolute Gasteiger partial charge is 0.246 e. The maximum atomic E-state index is 12.8. The Labute approximate surface area is 140 Å². The zero-order valence-corrected chi connectivity index (χ0v) is 14.0. The van der Waals surface area contributed by atoms with Crippen LogP contribution in [0.1, 0.15) is 31.9 Å². The van der Waals surface area contributed by atoms with Gasteiger partial charge in [0.05, 0.1) is 17.5 Å². The lowest BCUT2D eigenvalue weighted by Gasteiger charge is -2.42. The molecule has 2 aliphatic rings. The molecule has 0 radical (unpaired) electrons. The molecule has 1 aromatic carbocycles. The van der Waals surface area contributed by atoms with Crippen molar-refractivity contribution in [3.05, 3.63) is 34.9 Å². The number of hydrogen-bond donors (Lipinski definition) is 0. The highest BCUT2D eigenvalue weighted by atomic mass is 35.5. The number of carbonyl (C=O) groups is 2. The number of amides is 2. The van der Waals surface area contributed by atoms with Crippen LogP contribution in [-0.2, 0) is 9.59 Å². The van der Waals surface area contributed by atoms with E-state index in [1.807, 2.05) is 19.1 Å². The van der Waals surface area contributed by atoms with Gasteiger partial charge in [-0.1, -0.05) is 23.7 Å². The third-order valence-electron chi connectivity index (χ3n) is 5.10. The Hall–Kier alpha value is -2.06. The number of benzene rings is 1. The van der Waals surface area contributed by atoms with Crippen LogP contribution in [0.2, 0.25) is 5.02 Å². The van der Waals surface area contributed by atoms with Gasteiger partial charge in [-0.15, -0.1) is 0 Å². The number of rotatable bonds is 1. The van der Waals surface area contributed by atoms with Gasteiger partial charge in [-0.2, -0.15) is 5.26 Å². The summed E-state index contributed by atoms with van der Waals surface area (Å²) in [5.41, 5.74) is 0.0215. The van der Waals surface area contributed by atoms with Gasteiger partial charge in [0.15, 0.2) is 0 Å². The molecule has 3 unspecified atom stereocenters. The van der Waals surface area contributed by atoms with Gasteiger partial charge in [-0.05, 0) is 38.0 Å². The first-order chi connectivity index (χ1) is 10.8. The van der Waals surface area contributed by atoms with E-state index in [1.54, 1.807) is 31.0 Å². The summed E-state index contributed by atoms with van der Waals surface area (Å²) < 4.78 is 0. The van der Waals surface area contributed by atoms with E-state index in [2.05, 4.69) is 6.07 Å². The van der Waals surface area contributed by atoms with Crippen molar-refractivity contribution in [2.24, 2.45) is 5.41 Å². The topological polar surface area (TPSA) is 64.4 Å². The van der Waals surface area contributed by atoms with Gasteiger partial charge < -0.3 is 9.80 Å². The Kier molecular flexibility index (Phi) is 3.61. The highest BCUT2D eigenvalue weighted by Crippen LogP contribution is 2.51. The lowest BCUT2D eigenvalue weighted by atomic mass is 9.79. The minimum absolute atomic E-state index is 0.102. The highest BCUT2D eigenvalue weighted by Gasteiger charge is 2.58. The Bertz CT molecular complexity index is 712. The molecule has 120 valence electrons. The van der Waals surface area contributed by atoms with Crippen LogP contribution in [0.4, 0.5) is 0 Å². The lowest BCUT2D eigenvalue weighted by Crippen LogP contribution is -2.60. The van der Waals surface area contributed by atoms with Crippen molar-refractivity contribution in [3.63, 3.8) is 0 Å². The molecule has 3 rings (SSSR count). The van der Waals surface area contributed by atoms with E-state index in [1.165, 1.54) is 4.90 Å². The second kappa shape index (κ2) is 5.24. The van der Waals surface area contributed by atoms with E-state index in [-0.39, 0.29) is 11.8 Å². The molecular weight excluding hydrogens is 314 g/mol. The maximum Gasteiger partial charge on any atom is 0.246 e. The molecule has 0 aliphatic carbocycles. The second-order valence-corrected chi connectivity index (χ2v) is 7.01. The molecular formula is C17H18ClN3O2. The van der Waals surface area contributed by atoms with Gasteiger partial charge in [-0.3, -0.25) is 9.59 Å². The number of fused-ring (bicyclic) bond motifs is 1. The number of carbonyl (C=O) groups excluding carboxylic acids is 2. The fourth-order valence-corrected chi connectivity index (χ4v) is 3.80. The standard InChI is InChI=1S/C17H18ClN3O2/c1-10-15(22)21-13(16(23)20(10)3)8-17(2,9-19)14(21)11-4-6-12(18)7-5-11/h4-7,10,13-14H,8H2,1-3H3/t10?,13?,14?,17-/m1/s1. The van der Waals surface area contributed by atoms with Gasteiger partial charge >= 0.3 is 0 Å². The Balaban J connectivity index is 2.12. The predicted molar refractivity (Wildman–Crippen MR) is 85.4 cm³/mol. The molecule has 4 atom stereocenters. The first-order valence-corrected chi connectivity index (χ1v) is 7.93. The number of hydrogen-bond acceptors (Lipinski definition) is 3. The molecule has 1 aromatic rings. The van der Waals surface area contributed by atoms with Crippen LogP contribution < -0.4 is 0 Å². The lowest BCUT2D eigenvalue weighted by molar-refractivity contribution is -0.159. The predicted octanol–water partition coefficient (Wildman–Crippen LogP) is 2.37. The average Bonchev–Trinajstić information content (AvgIpc) is 2.86. The molecule has 0 bridgehead atoms. The zero-order valence-electron chi connectivity index (χ0n) is 13.3. The number of nitrogens with zero attached hydrogens (tertiary/aromatic N) is 3. The fourth-order valence-electron chi connectivity index (χ4n) is 3.67. The van der Waals surface area contributed by atoms with E-state index in [4.69, 9.17) is 11.6 Å². The van der Waals surface area contributed by atoms with Gasteiger partial charge in [0, 0.05) is 12.1 Å². The van der Waals surface area contributed by atoms with Crippen LogP contribution in [0, 0.1) is 16.7 Å².